The molecule has 0 bridgehead atoms. The smallest absolute Gasteiger partial charge is 0.408 e. The Bertz CT molecular complexity index is 344. The second kappa shape index (κ2) is 10.4. The van der Waals surface area contributed by atoms with Crippen LogP contribution in [0.25, 0.3) is 0 Å². The van der Waals surface area contributed by atoms with E-state index in [0.29, 0.717) is 13.1 Å². The van der Waals surface area contributed by atoms with Crippen molar-refractivity contribution in [1.29, 1.82) is 0 Å². The Kier molecular flexibility index (Phi) is 9.71. The Morgan fingerprint density at radius 2 is 1.77 bits per heavy atom. The number of nitrogens with two attached hydrogens (primary N) is 3. The van der Waals surface area contributed by atoms with Crippen molar-refractivity contribution >= 4 is 12.1 Å². The van der Waals surface area contributed by atoms with Crippen LogP contribution in [0.1, 0.15) is 46.5 Å². The summed E-state index contributed by atoms with van der Waals surface area (Å²) in [7, 11) is 0. The second-order valence-electron chi connectivity index (χ2n) is 6.08. The number of alkyl carbamates (subject to hydrolysis) is 1. The number of amides is 1. The van der Waals surface area contributed by atoms with Crippen molar-refractivity contribution in [3.63, 3.8) is 0 Å². The van der Waals surface area contributed by atoms with E-state index in [-0.39, 0.29) is 12.8 Å². The molecule has 8 heteroatoms. The summed E-state index contributed by atoms with van der Waals surface area (Å²) < 4.78 is 10.1. The molecule has 0 saturated carbocycles. The number of hydrogen-bond donors (Lipinski definition) is 4. The lowest BCUT2D eigenvalue weighted by Gasteiger charge is -2.22. The minimum absolute atomic E-state index is 0.274. The number of hydrogen-bond acceptors (Lipinski definition) is 7. The predicted molar refractivity (Wildman–Crippen MR) is 83.8 cm³/mol. The van der Waals surface area contributed by atoms with Gasteiger partial charge in [0.1, 0.15) is 11.6 Å². The SMILES string of the molecule is CC(C)(C)OC(=O)C(N)CCC(N)OC(=O)NCCCCN. The van der Waals surface area contributed by atoms with Gasteiger partial charge in [-0.15, -0.1) is 0 Å². The van der Waals surface area contributed by atoms with Gasteiger partial charge in [-0.25, -0.2) is 4.79 Å². The molecule has 0 spiro atoms. The molecule has 2 atom stereocenters. The first-order valence-electron chi connectivity index (χ1n) is 7.54. The standard InChI is InChI=1S/C14H30N4O4/c1-14(2,3)22-12(19)10(16)6-7-11(17)21-13(20)18-9-5-4-8-15/h10-11H,4-9,15-17H2,1-3H3,(H,18,20). The largest absolute Gasteiger partial charge is 0.459 e. The highest BCUT2D eigenvalue weighted by Gasteiger charge is 2.23. The van der Waals surface area contributed by atoms with Gasteiger partial charge in [0.2, 0.25) is 0 Å². The van der Waals surface area contributed by atoms with E-state index in [0.717, 1.165) is 12.8 Å². The molecule has 0 rings (SSSR count). The molecule has 0 heterocycles. The molecule has 0 aromatic carbocycles. The quantitative estimate of drug-likeness (QED) is 0.270. The molecule has 7 N–H and O–H groups in total. The molecule has 0 radical (unpaired) electrons. The van der Waals surface area contributed by atoms with Crippen LogP contribution >= 0.6 is 0 Å². The van der Waals surface area contributed by atoms with Crippen LogP contribution in [0, 0.1) is 0 Å². The Hall–Kier alpha value is -1.38. The summed E-state index contributed by atoms with van der Waals surface area (Å²) in [6.07, 6.45) is 0.757. The third-order valence-corrected chi connectivity index (χ3v) is 2.63. The molecular weight excluding hydrogens is 288 g/mol. The van der Waals surface area contributed by atoms with Gasteiger partial charge in [0.05, 0.1) is 0 Å². The molecule has 8 nitrogen and oxygen atoms in total. The van der Waals surface area contributed by atoms with E-state index >= 15 is 0 Å². The molecule has 22 heavy (non-hydrogen) atoms. The summed E-state index contributed by atoms with van der Waals surface area (Å²) in [5.41, 5.74) is 16.1. The van der Waals surface area contributed by atoms with Crippen LogP contribution in [-0.4, -0.2) is 43.0 Å². The second-order valence-corrected chi connectivity index (χ2v) is 6.08. The van der Waals surface area contributed by atoms with Crippen LogP contribution in [0.15, 0.2) is 0 Å². The molecule has 0 saturated heterocycles. The number of esters is 1. The van der Waals surface area contributed by atoms with Gasteiger partial charge in [0.25, 0.3) is 0 Å². The molecule has 1 amide bonds. The molecule has 0 aliphatic carbocycles. The number of rotatable bonds is 9. The molecule has 2 unspecified atom stereocenters. The fourth-order valence-electron chi connectivity index (χ4n) is 1.54. The molecule has 0 aliphatic heterocycles. The van der Waals surface area contributed by atoms with Crippen molar-refractivity contribution in [3.05, 3.63) is 0 Å². The molecule has 0 aromatic heterocycles. The minimum Gasteiger partial charge on any atom is -0.459 e. The van der Waals surface area contributed by atoms with Crippen LogP contribution in [0.5, 0.6) is 0 Å². The minimum atomic E-state index is -0.817. The van der Waals surface area contributed by atoms with E-state index in [1.165, 1.54) is 0 Å². The molecule has 0 aliphatic rings. The topological polar surface area (TPSA) is 143 Å². The van der Waals surface area contributed by atoms with E-state index in [2.05, 4.69) is 5.32 Å². The number of unbranched alkanes of at least 4 members (excludes halogenated alkanes) is 1. The third-order valence-electron chi connectivity index (χ3n) is 2.63. The fraction of sp³-hybridized carbons (Fsp3) is 0.857. The number of nitrogens with one attached hydrogen (secondary N) is 1. The maximum atomic E-state index is 11.7. The van der Waals surface area contributed by atoms with Crippen LogP contribution in [0.2, 0.25) is 0 Å². The van der Waals surface area contributed by atoms with E-state index in [9.17, 15) is 9.59 Å². The highest BCUT2D eigenvalue weighted by molar-refractivity contribution is 5.75. The third kappa shape index (κ3) is 11.3. The van der Waals surface area contributed by atoms with Gasteiger partial charge in [0.15, 0.2) is 6.23 Å². The predicted octanol–water partition coefficient (Wildman–Crippen LogP) is 0.186. The average molecular weight is 318 g/mol. The van der Waals surface area contributed by atoms with Crippen molar-refractivity contribution in [2.45, 2.75) is 64.3 Å². The van der Waals surface area contributed by atoms with Crippen LogP contribution in [0.4, 0.5) is 4.79 Å². The summed E-state index contributed by atoms with van der Waals surface area (Å²) in [6.45, 7) is 6.36. The van der Waals surface area contributed by atoms with Crippen LogP contribution in [0.3, 0.4) is 0 Å². The lowest BCUT2D eigenvalue weighted by Crippen LogP contribution is -2.40. The van der Waals surface area contributed by atoms with Crippen molar-refractivity contribution < 1.29 is 19.1 Å². The van der Waals surface area contributed by atoms with Gasteiger partial charge in [0, 0.05) is 13.0 Å². The van der Waals surface area contributed by atoms with Gasteiger partial charge in [-0.1, -0.05) is 0 Å². The number of carbonyl (C=O) groups excluding carboxylic acids is 2. The van der Waals surface area contributed by atoms with Crippen LogP contribution in [-0.2, 0) is 14.3 Å². The summed E-state index contributed by atoms with van der Waals surface area (Å²) >= 11 is 0. The molecule has 0 aromatic rings. The summed E-state index contributed by atoms with van der Waals surface area (Å²) in [5, 5.41) is 2.57. The number of ether oxygens (including phenoxy) is 2. The number of carbonyl (C=O) groups is 2. The zero-order valence-corrected chi connectivity index (χ0v) is 13.8. The van der Waals surface area contributed by atoms with Crippen molar-refractivity contribution in [1.82, 2.24) is 5.32 Å². The van der Waals surface area contributed by atoms with Gasteiger partial charge >= 0.3 is 12.1 Å². The lowest BCUT2D eigenvalue weighted by atomic mass is 10.1. The first-order valence-corrected chi connectivity index (χ1v) is 7.54. The summed E-state index contributed by atoms with van der Waals surface area (Å²) in [5.74, 6) is -0.495. The summed E-state index contributed by atoms with van der Waals surface area (Å²) in [4.78, 5) is 23.1. The normalized spacial score (nSPS) is 14.1. The summed E-state index contributed by atoms with van der Waals surface area (Å²) in [6, 6.07) is -0.790. The van der Waals surface area contributed by atoms with E-state index in [1.807, 2.05) is 0 Å². The van der Waals surface area contributed by atoms with Gasteiger partial charge < -0.3 is 26.3 Å². The Labute approximate surface area is 132 Å². The molecule has 130 valence electrons. The van der Waals surface area contributed by atoms with Gasteiger partial charge in [-0.05, 0) is 46.6 Å². The monoisotopic (exact) mass is 318 g/mol. The van der Waals surface area contributed by atoms with E-state index < -0.39 is 29.9 Å². The highest BCUT2D eigenvalue weighted by Crippen LogP contribution is 2.10. The van der Waals surface area contributed by atoms with Crippen molar-refractivity contribution in [3.8, 4) is 0 Å². The molecule has 0 fully saturated rings. The Morgan fingerprint density at radius 1 is 1.14 bits per heavy atom. The van der Waals surface area contributed by atoms with E-state index in [1.54, 1.807) is 20.8 Å². The molecular formula is C14H30N4O4. The lowest BCUT2D eigenvalue weighted by molar-refractivity contribution is -0.156. The van der Waals surface area contributed by atoms with Crippen molar-refractivity contribution in [2.75, 3.05) is 13.1 Å². The first-order chi connectivity index (χ1) is 10.2. The maximum absolute atomic E-state index is 11.7. The Balaban J connectivity index is 3.90. The van der Waals surface area contributed by atoms with Crippen molar-refractivity contribution in [2.24, 2.45) is 17.2 Å². The van der Waals surface area contributed by atoms with Gasteiger partial charge in [-0.2, -0.15) is 0 Å². The fourth-order valence-corrected chi connectivity index (χ4v) is 1.54. The first kappa shape index (κ1) is 20.6. The van der Waals surface area contributed by atoms with E-state index in [4.69, 9.17) is 26.7 Å². The zero-order chi connectivity index (χ0) is 17.2. The van der Waals surface area contributed by atoms with Crippen LogP contribution < -0.4 is 22.5 Å². The maximum Gasteiger partial charge on any atom is 0.408 e. The zero-order valence-electron chi connectivity index (χ0n) is 13.8. The Morgan fingerprint density at radius 3 is 2.32 bits per heavy atom. The average Bonchev–Trinajstić information content (AvgIpc) is 2.39. The van der Waals surface area contributed by atoms with Gasteiger partial charge in [-0.3, -0.25) is 10.5 Å². The highest BCUT2D eigenvalue weighted by atomic mass is 16.6.